The summed E-state index contributed by atoms with van der Waals surface area (Å²) in [6, 6.07) is 15.4. The number of nitrogens with zero attached hydrogens (tertiary/aromatic N) is 3. The maximum absolute atomic E-state index is 12.9. The minimum absolute atomic E-state index is 0.00190. The van der Waals surface area contributed by atoms with Gasteiger partial charge < -0.3 is 9.47 Å². The molecule has 0 unspecified atom stereocenters. The molecular formula is C22H21N3O2. The second-order valence-corrected chi connectivity index (χ2v) is 6.92. The largest absolute Gasteiger partial charge is 0.333 e. The number of aromatic nitrogens is 2. The SMILES string of the molecule is Cc1cccnc1C(=O)N1CCc2cc(=O)n(Cc3ccccc3)cc2C1. The third kappa shape index (κ3) is 3.53. The summed E-state index contributed by atoms with van der Waals surface area (Å²) in [5, 5.41) is 0. The molecule has 1 amide bonds. The molecule has 0 bridgehead atoms. The lowest BCUT2D eigenvalue weighted by Gasteiger charge is -2.29. The number of hydrogen-bond donors (Lipinski definition) is 0. The molecule has 1 aliphatic rings. The summed E-state index contributed by atoms with van der Waals surface area (Å²) in [5.41, 5.74) is 4.51. The fourth-order valence-electron chi connectivity index (χ4n) is 3.51. The molecule has 0 N–H and O–H groups in total. The van der Waals surface area contributed by atoms with E-state index in [9.17, 15) is 9.59 Å². The van der Waals surface area contributed by atoms with E-state index in [4.69, 9.17) is 0 Å². The zero-order valence-corrected chi connectivity index (χ0v) is 15.3. The van der Waals surface area contributed by atoms with Crippen molar-refractivity contribution in [3.8, 4) is 0 Å². The van der Waals surface area contributed by atoms with Crippen LogP contribution in [0.3, 0.4) is 0 Å². The van der Waals surface area contributed by atoms with Crippen LogP contribution in [0.25, 0.3) is 0 Å². The Bertz CT molecular complexity index is 1040. The van der Waals surface area contributed by atoms with Crippen LogP contribution in [0.15, 0.2) is 65.7 Å². The first kappa shape index (κ1) is 17.2. The van der Waals surface area contributed by atoms with Crippen molar-refractivity contribution < 1.29 is 4.79 Å². The van der Waals surface area contributed by atoms with E-state index in [1.807, 2.05) is 60.5 Å². The van der Waals surface area contributed by atoms with Gasteiger partial charge >= 0.3 is 0 Å². The van der Waals surface area contributed by atoms with Gasteiger partial charge in [0, 0.05) is 31.5 Å². The summed E-state index contributed by atoms with van der Waals surface area (Å²) in [5.74, 6) is -0.0560. The van der Waals surface area contributed by atoms with Gasteiger partial charge in [-0.3, -0.25) is 14.6 Å². The van der Waals surface area contributed by atoms with E-state index in [0.29, 0.717) is 31.7 Å². The lowest BCUT2D eigenvalue weighted by Crippen LogP contribution is -2.38. The number of carbonyl (C=O) groups is 1. The minimum Gasteiger partial charge on any atom is -0.333 e. The van der Waals surface area contributed by atoms with Gasteiger partial charge in [-0.2, -0.15) is 0 Å². The van der Waals surface area contributed by atoms with Crippen molar-refractivity contribution in [3.05, 3.63) is 99.2 Å². The molecule has 0 atom stereocenters. The molecule has 0 saturated heterocycles. The zero-order chi connectivity index (χ0) is 18.8. The van der Waals surface area contributed by atoms with Gasteiger partial charge in [-0.25, -0.2) is 0 Å². The standard InChI is InChI=1S/C22H21N3O2/c1-16-6-5-10-23-21(16)22(27)24-11-9-18-12-20(26)25(15-19(18)14-24)13-17-7-3-2-4-8-17/h2-8,10,12,15H,9,11,13-14H2,1H3. The van der Waals surface area contributed by atoms with Gasteiger partial charge in [0.05, 0.1) is 6.54 Å². The Morgan fingerprint density at radius 2 is 1.93 bits per heavy atom. The van der Waals surface area contributed by atoms with Crippen LogP contribution in [0.1, 0.15) is 32.7 Å². The van der Waals surface area contributed by atoms with Crippen LogP contribution in [-0.2, 0) is 19.5 Å². The summed E-state index contributed by atoms with van der Waals surface area (Å²) in [4.78, 5) is 31.4. The lowest BCUT2D eigenvalue weighted by molar-refractivity contribution is 0.0727. The summed E-state index contributed by atoms with van der Waals surface area (Å²) in [7, 11) is 0. The van der Waals surface area contributed by atoms with Crippen LogP contribution >= 0.6 is 0 Å². The molecule has 136 valence electrons. The molecule has 1 aromatic carbocycles. The Hall–Kier alpha value is -3.21. The van der Waals surface area contributed by atoms with Gasteiger partial charge in [0.2, 0.25) is 0 Å². The van der Waals surface area contributed by atoms with Gasteiger partial charge in [-0.05, 0) is 41.7 Å². The fraction of sp³-hybridized carbons (Fsp3) is 0.227. The molecule has 2 aromatic heterocycles. The lowest BCUT2D eigenvalue weighted by atomic mass is 10.0. The molecule has 5 nitrogen and oxygen atoms in total. The highest BCUT2D eigenvalue weighted by atomic mass is 16.2. The van der Waals surface area contributed by atoms with Crippen molar-refractivity contribution in [1.82, 2.24) is 14.5 Å². The molecule has 0 spiro atoms. The molecule has 3 heterocycles. The van der Waals surface area contributed by atoms with Gasteiger partial charge in [-0.1, -0.05) is 36.4 Å². The van der Waals surface area contributed by atoms with Crippen molar-refractivity contribution in [2.45, 2.75) is 26.4 Å². The Kier molecular flexibility index (Phi) is 4.59. The van der Waals surface area contributed by atoms with Gasteiger partial charge in [0.1, 0.15) is 5.69 Å². The number of benzene rings is 1. The number of amides is 1. The Morgan fingerprint density at radius 3 is 2.70 bits per heavy atom. The van der Waals surface area contributed by atoms with Crippen molar-refractivity contribution in [3.63, 3.8) is 0 Å². The smallest absolute Gasteiger partial charge is 0.273 e. The number of aryl methyl sites for hydroxylation is 1. The first-order chi connectivity index (χ1) is 13.1. The fourth-order valence-corrected chi connectivity index (χ4v) is 3.51. The molecular weight excluding hydrogens is 338 g/mol. The Balaban J connectivity index is 1.60. The summed E-state index contributed by atoms with van der Waals surface area (Å²) < 4.78 is 1.72. The molecule has 4 rings (SSSR count). The van der Waals surface area contributed by atoms with Crippen molar-refractivity contribution in [1.29, 1.82) is 0 Å². The zero-order valence-electron chi connectivity index (χ0n) is 15.3. The molecule has 27 heavy (non-hydrogen) atoms. The van der Waals surface area contributed by atoms with Crippen LogP contribution in [-0.4, -0.2) is 26.9 Å². The van der Waals surface area contributed by atoms with Crippen LogP contribution < -0.4 is 5.56 Å². The number of hydrogen-bond acceptors (Lipinski definition) is 3. The summed E-state index contributed by atoms with van der Waals surface area (Å²) >= 11 is 0. The average Bonchev–Trinajstić information content (AvgIpc) is 2.69. The molecule has 0 radical (unpaired) electrons. The number of carbonyl (C=O) groups excluding carboxylic acids is 1. The topological polar surface area (TPSA) is 55.2 Å². The predicted octanol–water partition coefficient (Wildman–Crippen LogP) is 2.80. The average molecular weight is 359 g/mol. The van der Waals surface area contributed by atoms with Gasteiger partial charge in [0.15, 0.2) is 0 Å². The van der Waals surface area contributed by atoms with Crippen LogP contribution in [0, 0.1) is 6.92 Å². The first-order valence-corrected chi connectivity index (χ1v) is 9.09. The normalized spacial score (nSPS) is 13.3. The molecule has 0 aliphatic carbocycles. The van der Waals surface area contributed by atoms with Crippen molar-refractivity contribution in [2.75, 3.05) is 6.54 Å². The van der Waals surface area contributed by atoms with E-state index in [-0.39, 0.29) is 11.5 Å². The van der Waals surface area contributed by atoms with Crippen LogP contribution in [0.4, 0.5) is 0 Å². The third-order valence-electron chi connectivity index (χ3n) is 5.01. The van der Waals surface area contributed by atoms with Crippen LogP contribution in [0.5, 0.6) is 0 Å². The van der Waals surface area contributed by atoms with Gasteiger partial charge in [0.25, 0.3) is 11.5 Å². The maximum Gasteiger partial charge on any atom is 0.273 e. The molecule has 5 heteroatoms. The molecule has 1 aliphatic heterocycles. The van der Waals surface area contributed by atoms with Gasteiger partial charge in [-0.15, -0.1) is 0 Å². The highest BCUT2D eigenvalue weighted by molar-refractivity contribution is 5.93. The second kappa shape index (κ2) is 7.19. The summed E-state index contributed by atoms with van der Waals surface area (Å²) in [6.45, 7) is 3.53. The number of fused-ring (bicyclic) bond motifs is 1. The number of pyridine rings is 2. The molecule has 0 saturated carbocycles. The van der Waals surface area contributed by atoms with Crippen LogP contribution in [0.2, 0.25) is 0 Å². The minimum atomic E-state index is -0.0560. The maximum atomic E-state index is 12.9. The molecule has 0 fully saturated rings. The predicted molar refractivity (Wildman–Crippen MR) is 104 cm³/mol. The van der Waals surface area contributed by atoms with E-state index in [2.05, 4.69) is 4.98 Å². The van der Waals surface area contributed by atoms with E-state index in [0.717, 1.165) is 22.3 Å². The monoisotopic (exact) mass is 359 g/mol. The Labute approximate surface area is 157 Å². The first-order valence-electron chi connectivity index (χ1n) is 9.09. The van der Waals surface area contributed by atoms with E-state index in [1.165, 1.54) is 0 Å². The van der Waals surface area contributed by atoms with E-state index < -0.39 is 0 Å². The molecule has 3 aromatic rings. The second-order valence-electron chi connectivity index (χ2n) is 6.92. The summed E-state index contributed by atoms with van der Waals surface area (Å²) in [6.07, 6.45) is 4.24. The van der Waals surface area contributed by atoms with E-state index in [1.54, 1.807) is 16.8 Å². The number of rotatable bonds is 3. The van der Waals surface area contributed by atoms with E-state index >= 15 is 0 Å². The third-order valence-corrected chi connectivity index (χ3v) is 5.01. The van der Waals surface area contributed by atoms with Crippen molar-refractivity contribution in [2.24, 2.45) is 0 Å². The van der Waals surface area contributed by atoms with Crippen molar-refractivity contribution >= 4 is 5.91 Å². The Morgan fingerprint density at radius 1 is 1.11 bits per heavy atom. The quantitative estimate of drug-likeness (QED) is 0.723. The highest BCUT2D eigenvalue weighted by Gasteiger charge is 2.24. The highest BCUT2D eigenvalue weighted by Crippen LogP contribution is 2.20.